The first-order chi connectivity index (χ1) is 10.2. The summed E-state index contributed by atoms with van der Waals surface area (Å²) < 4.78 is 5.79. The molecular formula is C15H22N4OS. The monoisotopic (exact) mass is 306 g/mol. The molecule has 1 unspecified atom stereocenters. The summed E-state index contributed by atoms with van der Waals surface area (Å²) in [6, 6.07) is 7.89. The standard InChI is InChI=1S/C15H22N4OS/c16-14-11-21-15(17,18-14)12-3-5-13(6-4-12)20-10-9-19-7-1-2-8-19/h3-6,11,18H,1-2,7-10,16-17H2. The van der Waals surface area contributed by atoms with Crippen LogP contribution in [0.15, 0.2) is 35.5 Å². The number of rotatable bonds is 5. The maximum absolute atomic E-state index is 6.28. The molecule has 21 heavy (non-hydrogen) atoms. The van der Waals surface area contributed by atoms with E-state index in [-0.39, 0.29) is 0 Å². The second-order valence-electron chi connectivity index (χ2n) is 5.47. The van der Waals surface area contributed by atoms with E-state index in [2.05, 4.69) is 10.2 Å². The zero-order valence-electron chi connectivity index (χ0n) is 12.0. The smallest absolute Gasteiger partial charge is 0.166 e. The number of likely N-dealkylation sites (tertiary alicyclic amines) is 1. The van der Waals surface area contributed by atoms with Gasteiger partial charge in [-0.1, -0.05) is 23.9 Å². The van der Waals surface area contributed by atoms with Gasteiger partial charge >= 0.3 is 0 Å². The van der Waals surface area contributed by atoms with Crippen LogP contribution in [0.1, 0.15) is 18.4 Å². The number of hydrogen-bond acceptors (Lipinski definition) is 6. The molecule has 1 aromatic carbocycles. The predicted molar refractivity (Wildman–Crippen MR) is 86.5 cm³/mol. The van der Waals surface area contributed by atoms with Crippen LogP contribution in [0.25, 0.3) is 0 Å². The lowest BCUT2D eigenvalue weighted by molar-refractivity contribution is 0.237. The molecule has 0 aliphatic carbocycles. The van der Waals surface area contributed by atoms with Crippen molar-refractivity contribution in [2.75, 3.05) is 26.2 Å². The van der Waals surface area contributed by atoms with Crippen LogP contribution in [0, 0.1) is 0 Å². The van der Waals surface area contributed by atoms with Crippen LogP contribution in [0.3, 0.4) is 0 Å². The summed E-state index contributed by atoms with van der Waals surface area (Å²) in [5.41, 5.74) is 13.0. The molecular weight excluding hydrogens is 284 g/mol. The van der Waals surface area contributed by atoms with E-state index in [0.29, 0.717) is 5.82 Å². The van der Waals surface area contributed by atoms with Gasteiger partial charge < -0.3 is 15.8 Å². The summed E-state index contributed by atoms with van der Waals surface area (Å²) in [5, 5.41) is 4.91. The van der Waals surface area contributed by atoms with Crippen LogP contribution >= 0.6 is 11.8 Å². The first kappa shape index (κ1) is 14.6. The Balaban J connectivity index is 1.52. The third kappa shape index (κ3) is 3.45. The second kappa shape index (κ2) is 6.17. The molecule has 5 nitrogen and oxygen atoms in total. The van der Waals surface area contributed by atoms with Gasteiger partial charge in [0.05, 0.1) is 0 Å². The van der Waals surface area contributed by atoms with Crippen LogP contribution in [-0.4, -0.2) is 31.1 Å². The highest BCUT2D eigenvalue weighted by Crippen LogP contribution is 2.35. The quantitative estimate of drug-likeness (QED) is 0.762. The molecule has 5 N–H and O–H groups in total. The molecule has 3 rings (SSSR count). The highest BCUT2D eigenvalue weighted by molar-refractivity contribution is 8.03. The first-order valence-electron chi connectivity index (χ1n) is 7.32. The van der Waals surface area contributed by atoms with E-state index < -0.39 is 4.99 Å². The van der Waals surface area contributed by atoms with Crippen LogP contribution in [0.5, 0.6) is 5.75 Å². The minimum atomic E-state index is -0.668. The third-order valence-electron chi connectivity index (χ3n) is 3.86. The van der Waals surface area contributed by atoms with Crippen LogP contribution < -0.4 is 21.5 Å². The molecule has 1 fully saturated rings. The molecule has 0 radical (unpaired) electrons. The molecule has 2 heterocycles. The molecule has 2 aliphatic heterocycles. The summed E-state index contributed by atoms with van der Waals surface area (Å²) in [7, 11) is 0. The Hall–Kier alpha value is -1.37. The Kier molecular flexibility index (Phi) is 4.28. The average molecular weight is 306 g/mol. The number of nitrogens with zero attached hydrogens (tertiary/aromatic N) is 1. The lowest BCUT2D eigenvalue weighted by Gasteiger charge is -2.25. The molecule has 1 atom stereocenters. The van der Waals surface area contributed by atoms with E-state index in [1.54, 1.807) is 0 Å². The summed E-state index contributed by atoms with van der Waals surface area (Å²) in [4.78, 5) is 1.77. The fourth-order valence-electron chi connectivity index (χ4n) is 2.67. The SMILES string of the molecule is NC1=CSC(N)(c2ccc(OCCN3CCCC3)cc2)N1. The van der Waals surface area contributed by atoms with Gasteiger partial charge in [-0.15, -0.1) is 0 Å². The molecule has 6 heteroatoms. The van der Waals surface area contributed by atoms with Crippen molar-refractivity contribution in [2.45, 2.75) is 17.8 Å². The van der Waals surface area contributed by atoms with Gasteiger partial charge in [0.1, 0.15) is 18.2 Å². The van der Waals surface area contributed by atoms with Gasteiger partial charge in [0.25, 0.3) is 0 Å². The Bertz CT molecular complexity index is 513. The van der Waals surface area contributed by atoms with Gasteiger partial charge in [0.15, 0.2) is 4.99 Å². The van der Waals surface area contributed by atoms with Crippen molar-refractivity contribution in [3.63, 3.8) is 0 Å². The zero-order chi connectivity index (χ0) is 14.7. The number of ether oxygens (including phenoxy) is 1. The van der Waals surface area contributed by atoms with E-state index in [9.17, 15) is 0 Å². The third-order valence-corrected chi connectivity index (χ3v) is 4.94. The average Bonchev–Trinajstić information content (AvgIpc) is 3.10. The predicted octanol–water partition coefficient (Wildman–Crippen LogP) is 1.32. The van der Waals surface area contributed by atoms with Crippen molar-refractivity contribution in [3.05, 3.63) is 41.1 Å². The normalized spacial score (nSPS) is 25.7. The van der Waals surface area contributed by atoms with Crippen molar-refractivity contribution < 1.29 is 4.74 Å². The fraction of sp³-hybridized carbons (Fsp3) is 0.467. The molecule has 0 amide bonds. The zero-order valence-corrected chi connectivity index (χ0v) is 12.9. The number of benzene rings is 1. The summed E-state index contributed by atoms with van der Waals surface area (Å²) >= 11 is 1.48. The topological polar surface area (TPSA) is 76.5 Å². The Labute approximate surface area is 129 Å². The second-order valence-corrected chi connectivity index (χ2v) is 6.59. The summed E-state index contributed by atoms with van der Waals surface area (Å²) in [6.07, 6.45) is 2.63. The molecule has 0 spiro atoms. The molecule has 0 aromatic heterocycles. The molecule has 2 aliphatic rings. The molecule has 1 aromatic rings. The van der Waals surface area contributed by atoms with Crippen LogP contribution in [0.2, 0.25) is 0 Å². The Morgan fingerprint density at radius 3 is 2.57 bits per heavy atom. The Morgan fingerprint density at radius 1 is 1.24 bits per heavy atom. The van der Waals surface area contributed by atoms with Crippen molar-refractivity contribution in [1.29, 1.82) is 0 Å². The van der Waals surface area contributed by atoms with Gasteiger partial charge in [-0.05, 0) is 38.1 Å². The summed E-state index contributed by atoms with van der Waals surface area (Å²) in [6.45, 7) is 4.14. The number of nitrogens with one attached hydrogen (secondary N) is 1. The first-order valence-corrected chi connectivity index (χ1v) is 8.20. The number of hydrogen-bond donors (Lipinski definition) is 3. The maximum Gasteiger partial charge on any atom is 0.166 e. The largest absolute Gasteiger partial charge is 0.492 e. The van der Waals surface area contributed by atoms with Crippen molar-refractivity contribution in [2.24, 2.45) is 11.5 Å². The lowest BCUT2D eigenvalue weighted by atomic mass is 10.1. The Morgan fingerprint density at radius 2 is 1.95 bits per heavy atom. The van der Waals surface area contributed by atoms with E-state index in [1.165, 1.54) is 37.7 Å². The lowest BCUT2D eigenvalue weighted by Crippen LogP contribution is -2.45. The van der Waals surface area contributed by atoms with Crippen molar-refractivity contribution in [3.8, 4) is 5.75 Å². The molecule has 114 valence electrons. The van der Waals surface area contributed by atoms with Gasteiger partial charge in [-0.3, -0.25) is 10.6 Å². The van der Waals surface area contributed by atoms with Gasteiger partial charge in [0.2, 0.25) is 0 Å². The molecule has 0 bridgehead atoms. The van der Waals surface area contributed by atoms with Crippen LogP contribution in [-0.2, 0) is 4.99 Å². The number of thioether (sulfide) groups is 1. The van der Waals surface area contributed by atoms with E-state index in [0.717, 1.165) is 24.5 Å². The highest BCUT2D eigenvalue weighted by atomic mass is 32.2. The van der Waals surface area contributed by atoms with Gasteiger partial charge in [0, 0.05) is 17.5 Å². The number of nitrogens with two attached hydrogens (primary N) is 2. The van der Waals surface area contributed by atoms with E-state index in [1.807, 2.05) is 29.7 Å². The fourth-order valence-corrected chi connectivity index (χ4v) is 3.49. The molecule has 0 saturated carbocycles. The van der Waals surface area contributed by atoms with E-state index >= 15 is 0 Å². The van der Waals surface area contributed by atoms with Crippen molar-refractivity contribution in [1.82, 2.24) is 10.2 Å². The highest BCUT2D eigenvalue weighted by Gasteiger charge is 2.31. The maximum atomic E-state index is 6.28. The van der Waals surface area contributed by atoms with Gasteiger partial charge in [-0.25, -0.2) is 0 Å². The van der Waals surface area contributed by atoms with Gasteiger partial charge in [-0.2, -0.15) is 0 Å². The summed E-state index contributed by atoms with van der Waals surface area (Å²) in [5.74, 6) is 1.49. The minimum absolute atomic E-state index is 0.605. The van der Waals surface area contributed by atoms with Crippen LogP contribution in [0.4, 0.5) is 0 Å². The van der Waals surface area contributed by atoms with E-state index in [4.69, 9.17) is 16.2 Å². The molecule has 1 saturated heterocycles. The van der Waals surface area contributed by atoms with Crippen molar-refractivity contribution >= 4 is 11.8 Å². The minimum Gasteiger partial charge on any atom is -0.492 e.